The minimum atomic E-state index is -0.417. The fraction of sp³-hybridized carbons (Fsp3) is 0.417. The summed E-state index contributed by atoms with van der Waals surface area (Å²) in [4.78, 5) is 49.8. The van der Waals surface area contributed by atoms with Crippen LogP contribution in [0.4, 0.5) is 5.69 Å². The Morgan fingerprint density at radius 1 is 1.18 bits per heavy atom. The van der Waals surface area contributed by atoms with Gasteiger partial charge < -0.3 is 14.6 Å². The molecule has 0 saturated carbocycles. The molecule has 0 spiro atoms. The molecular formula is C24H28N4O4S. The zero-order valence-electron chi connectivity index (χ0n) is 19.3. The van der Waals surface area contributed by atoms with Crippen molar-refractivity contribution in [2.24, 2.45) is 0 Å². The lowest BCUT2D eigenvalue weighted by Crippen LogP contribution is -2.47. The number of hydrogen-bond acceptors (Lipinski definition) is 8. The number of Topliss-reactive ketones (excluding diaryl/α,β-unsaturated/α-hetero) is 1. The first-order valence-corrected chi connectivity index (χ1v) is 11.9. The Balaban J connectivity index is 1.50. The second-order valence-electron chi connectivity index (χ2n) is 8.21. The van der Waals surface area contributed by atoms with Gasteiger partial charge in [0.1, 0.15) is 15.5 Å². The number of aromatic nitrogens is 2. The second kappa shape index (κ2) is 9.44. The Morgan fingerprint density at radius 3 is 2.45 bits per heavy atom. The van der Waals surface area contributed by atoms with Crippen molar-refractivity contribution in [2.75, 3.05) is 37.7 Å². The molecule has 1 aliphatic rings. The fourth-order valence-electron chi connectivity index (χ4n) is 4.20. The van der Waals surface area contributed by atoms with Crippen LogP contribution in [0.3, 0.4) is 0 Å². The largest absolute Gasteiger partial charge is 0.462 e. The molecule has 174 valence electrons. The van der Waals surface area contributed by atoms with Gasteiger partial charge >= 0.3 is 5.97 Å². The molecule has 4 rings (SSSR count). The van der Waals surface area contributed by atoms with E-state index in [0.29, 0.717) is 32.0 Å². The third-order valence-electron chi connectivity index (χ3n) is 6.18. The topological polar surface area (TPSA) is 95.6 Å². The number of aromatic amines is 1. The summed E-state index contributed by atoms with van der Waals surface area (Å²) in [5, 5.41) is 0.456. The lowest BCUT2D eigenvalue weighted by atomic mass is 10.1. The van der Waals surface area contributed by atoms with E-state index in [2.05, 4.69) is 14.8 Å². The van der Waals surface area contributed by atoms with E-state index in [9.17, 15) is 14.4 Å². The molecule has 1 N–H and O–H groups in total. The van der Waals surface area contributed by atoms with Gasteiger partial charge in [0, 0.05) is 37.4 Å². The average molecular weight is 469 g/mol. The molecule has 1 unspecified atom stereocenters. The number of anilines is 1. The van der Waals surface area contributed by atoms with Crippen LogP contribution in [0.1, 0.15) is 58.2 Å². The number of hydrogen-bond donors (Lipinski definition) is 1. The summed E-state index contributed by atoms with van der Waals surface area (Å²) >= 11 is 1.21. The number of piperazine rings is 1. The number of thiophene rings is 1. The van der Waals surface area contributed by atoms with Crippen LogP contribution in [0.15, 0.2) is 29.1 Å². The summed E-state index contributed by atoms with van der Waals surface area (Å²) in [6.45, 7) is 10.7. The summed E-state index contributed by atoms with van der Waals surface area (Å²) in [5.74, 6) is 0.247. The number of ketones is 1. The minimum Gasteiger partial charge on any atom is -0.462 e. The van der Waals surface area contributed by atoms with E-state index < -0.39 is 5.97 Å². The van der Waals surface area contributed by atoms with Crippen LogP contribution >= 0.6 is 11.3 Å². The maximum atomic E-state index is 12.8. The number of nitrogens with one attached hydrogen (secondary N) is 1. The van der Waals surface area contributed by atoms with E-state index in [1.54, 1.807) is 20.8 Å². The Labute approximate surface area is 196 Å². The Morgan fingerprint density at radius 2 is 1.85 bits per heavy atom. The summed E-state index contributed by atoms with van der Waals surface area (Å²) in [7, 11) is 0. The Kier molecular flexibility index (Phi) is 6.62. The molecule has 8 nitrogen and oxygen atoms in total. The van der Waals surface area contributed by atoms with E-state index in [0.717, 1.165) is 31.9 Å². The molecule has 1 saturated heterocycles. The highest BCUT2D eigenvalue weighted by Gasteiger charge is 2.26. The highest BCUT2D eigenvalue weighted by molar-refractivity contribution is 7.20. The molecule has 0 bridgehead atoms. The third-order valence-corrected chi connectivity index (χ3v) is 7.34. The second-order valence-corrected chi connectivity index (χ2v) is 9.21. The number of carbonyl (C=O) groups is 2. The van der Waals surface area contributed by atoms with Gasteiger partial charge in [-0.3, -0.25) is 14.5 Å². The van der Waals surface area contributed by atoms with Gasteiger partial charge in [-0.1, -0.05) is 0 Å². The highest BCUT2D eigenvalue weighted by atomic mass is 32.1. The van der Waals surface area contributed by atoms with Gasteiger partial charge in [-0.15, -0.1) is 11.3 Å². The number of fused-ring (bicyclic) bond motifs is 1. The molecule has 2 aromatic heterocycles. The fourth-order valence-corrected chi connectivity index (χ4v) is 5.28. The minimum absolute atomic E-state index is 0.0639. The van der Waals surface area contributed by atoms with Crippen molar-refractivity contribution in [2.45, 2.75) is 33.7 Å². The van der Waals surface area contributed by atoms with E-state index in [1.807, 2.05) is 31.2 Å². The normalized spacial score (nSPS) is 15.6. The molecule has 1 fully saturated rings. The molecule has 3 heterocycles. The molecule has 0 amide bonds. The van der Waals surface area contributed by atoms with E-state index in [4.69, 9.17) is 9.72 Å². The Hall–Kier alpha value is -3.04. The van der Waals surface area contributed by atoms with Crippen LogP contribution in [0, 0.1) is 6.92 Å². The molecule has 1 aromatic carbocycles. The van der Waals surface area contributed by atoms with Crippen molar-refractivity contribution < 1.29 is 14.3 Å². The van der Waals surface area contributed by atoms with Crippen LogP contribution < -0.4 is 10.5 Å². The van der Waals surface area contributed by atoms with Crippen molar-refractivity contribution in [1.82, 2.24) is 14.9 Å². The van der Waals surface area contributed by atoms with E-state index in [1.165, 1.54) is 11.3 Å². The average Bonchev–Trinajstić information content (AvgIpc) is 3.16. The SMILES string of the molecule is CCOC(=O)c1sc2nc(C(C)N3CCN(c4ccc(C(C)=O)cc4)CC3)[nH]c(=O)c2c1C. The first-order valence-electron chi connectivity index (χ1n) is 11.1. The first kappa shape index (κ1) is 23.1. The maximum Gasteiger partial charge on any atom is 0.348 e. The van der Waals surface area contributed by atoms with Gasteiger partial charge in [0.25, 0.3) is 5.56 Å². The van der Waals surface area contributed by atoms with Gasteiger partial charge in [-0.2, -0.15) is 0 Å². The number of H-pyrrole nitrogens is 1. The van der Waals surface area contributed by atoms with Crippen molar-refractivity contribution in [3.8, 4) is 0 Å². The van der Waals surface area contributed by atoms with Gasteiger partial charge in [-0.25, -0.2) is 9.78 Å². The zero-order valence-corrected chi connectivity index (χ0v) is 20.1. The predicted molar refractivity (Wildman–Crippen MR) is 130 cm³/mol. The number of esters is 1. The Bertz CT molecular complexity index is 1240. The summed E-state index contributed by atoms with van der Waals surface area (Å²) in [5.41, 5.74) is 2.20. The van der Waals surface area contributed by atoms with Crippen LogP contribution in [0.2, 0.25) is 0 Å². The predicted octanol–water partition coefficient (Wildman–Crippen LogP) is 3.56. The van der Waals surface area contributed by atoms with Crippen LogP contribution in [0.25, 0.3) is 10.2 Å². The first-order chi connectivity index (χ1) is 15.8. The molecule has 9 heteroatoms. The summed E-state index contributed by atoms with van der Waals surface area (Å²) in [6, 6.07) is 7.64. The van der Waals surface area contributed by atoms with Crippen molar-refractivity contribution >= 4 is 39.0 Å². The van der Waals surface area contributed by atoms with Gasteiger partial charge in [0.2, 0.25) is 0 Å². The zero-order chi connectivity index (χ0) is 23.7. The van der Waals surface area contributed by atoms with Crippen LogP contribution in [-0.4, -0.2) is 59.4 Å². The number of nitrogens with zero attached hydrogens (tertiary/aromatic N) is 3. The lowest BCUT2D eigenvalue weighted by Gasteiger charge is -2.38. The van der Waals surface area contributed by atoms with Crippen molar-refractivity contribution in [1.29, 1.82) is 0 Å². The summed E-state index contributed by atoms with van der Waals surface area (Å²) < 4.78 is 5.12. The lowest BCUT2D eigenvalue weighted by molar-refractivity contribution is 0.0531. The van der Waals surface area contributed by atoms with Gasteiger partial charge in [0.15, 0.2) is 5.78 Å². The van der Waals surface area contributed by atoms with Gasteiger partial charge in [0.05, 0.1) is 18.0 Å². The highest BCUT2D eigenvalue weighted by Crippen LogP contribution is 2.29. The number of aryl methyl sites for hydroxylation is 1. The number of benzene rings is 1. The number of rotatable bonds is 6. The quantitative estimate of drug-likeness (QED) is 0.437. The monoisotopic (exact) mass is 468 g/mol. The molecule has 33 heavy (non-hydrogen) atoms. The molecule has 1 atom stereocenters. The molecule has 3 aromatic rings. The van der Waals surface area contributed by atoms with E-state index >= 15 is 0 Å². The van der Waals surface area contributed by atoms with Crippen molar-refractivity contribution in [3.05, 3.63) is 56.4 Å². The molecule has 0 aliphatic carbocycles. The molecule has 0 radical (unpaired) electrons. The van der Waals surface area contributed by atoms with Crippen molar-refractivity contribution in [3.63, 3.8) is 0 Å². The third kappa shape index (κ3) is 4.56. The van der Waals surface area contributed by atoms with E-state index in [-0.39, 0.29) is 24.0 Å². The number of carbonyl (C=O) groups excluding carboxylic acids is 2. The number of ether oxygens (including phenoxy) is 1. The van der Waals surface area contributed by atoms with Crippen LogP contribution in [0.5, 0.6) is 0 Å². The standard InChI is InChI=1S/C24H28N4O4S/c1-5-32-24(31)20-14(2)19-22(30)25-21(26-23(19)33-20)15(3)27-10-12-28(13-11-27)18-8-6-17(7-9-18)16(4)29/h6-9,15H,5,10-13H2,1-4H3,(H,25,26,30). The van der Waals surface area contributed by atoms with Crippen LogP contribution in [-0.2, 0) is 4.74 Å². The molecule has 1 aliphatic heterocycles. The maximum absolute atomic E-state index is 12.8. The smallest absolute Gasteiger partial charge is 0.348 e. The van der Waals surface area contributed by atoms with Gasteiger partial charge in [-0.05, 0) is 57.5 Å². The summed E-state index contributed by atoms with van der Waals surface area (Å²) in [6.07, 6.45) is 0. The molecular weight excluding hydrogens is 440 g/mol.